The molecule has 3 rings (SSSR count). The number of H-pyrrole nitrogens is 1. The van der Waals surface area contributed by atoms with Crippen molar-refractivity contribution in [1.82, 2.24) is 10.2 Å². The zero-order chi connectivity index (χ0) is 12.4. The summed E-state index contributed by atoms with van der Waals surface area (Å²) in [6.45, 7) is 0. The van der Waals surface area contributed by atoms with Gasteiger partial charge in [0, 0.05) is 5.56 Å². The van der Waals surface area contributed by atoms with Crippen LogP contribution in [0, 0.1) is 5.82 Å². The maximum Gasteiger partial charge on any atom is 0.123 e. The molecule has 18 heavy (non-hydrogen) atoms. The predicted octanol–water partition coefficient (Wildman–Crippen LogP) is 3.88. The van der Waals surface area contributed by atoms with E-state index < -0.39 is 0 Å². The molecule has 2 nitrogen and oxygen atoms in total. The number of aromatic amines is 1. The van der Waals surface area contributed by atoms with Crippen LogP contribution in [-0.4, -0.2) is 10.2 Å². The van der Waals surface area contributed by atoms with Gasteiger partial charge in [0.15, 0.2) is 0 Å². The first-order chi connectivity index (χ1) is 8.83. The molecule has 1 heterocycles. The van der Waals surface area contributed by atoms with Crippen LogP contribution in [0.15, 0.2) is 60.7 Å². The predicted molar refractivity (Wildman–Crippen MR) is 69.4 cm³/mol. The van der Waals surface area contributed by atoms with Gasteiger partial charge in [-0.3, -0.25) is 5.10 Å². The number of nitrogens with zero attached hydrogens (tertiary/aromatic N) is 1. The van der Waals surface area contributed by atoms with Crippen molar-refractivity contribution in [3.63, 3.8) is 0 Å². The molecule has 3 heteroatoms. The number of hydrogen-bond donors (Lipinski definition) is 1. The summed E-state index contributed by atoms with van der Waals surface area (Å²) in [7, 11) is 0. The normalized spacial score (nSPS) is 10.5. The van der Waals surface area contributed by atoms with Crippen LogP contribution < -0.4 is 0 Å². The number of aromatic nitrogens is 2. The Morgan fingerprint density at radius 3 is 2.28 bits per heavy atom. The third-order valence-electron chi connectivity index (χ3n) is 2.80. The fraction of sp³-hybridized carbons (Fsp3) is 0. The van der Waals surface area contributed by atoms with Crippen LogP contribution in [-0.2, 0) is 0 Å². The van der Waals surface area contributed by atoms with Crippen LogP contribution in [0.25, 0.3) is 22.5 Å². The molecule has 88 valence electrons. The summed E-state index contributed by atoms with van der Waals surface area (Å²) >= 11 is 0. The van der Waals surface area contributed by atoms with Crippen molar-refractivity contribution in [2.24, 2.45) is 0 Å². The molecule has 0 aliphatic rings. The van der Waals surface area contributed by atoms with Gasteiger partial charge < -0.3 is 0 Å². The molecule has 0 fully saturated rings. The van der Waals surface area contributed by atoms with Crippen LogP contribution in [0.5, 0.6) is 0 Å². The molecule has 0 saturated carbocycles. The van der Waals surface area contributed by atoms with Gasteiger partial charge in [-0.25, -0.2) is 4.39 Å². The van der Waals surface area contributed by atoms with Crippen molar-refractivity contribution >= 4 is 0 Å². The summed E-state index contributed by atoms with van der Waals surface area (Å²) in [6.07, 6.45) is 0. The van der Waals surface area contributed by atoms with Crippen molar-refractivity contribution in [3.8, 4) is 22.5 Å². The highest BCUT2D eigenvalue weighted by atomic mass is 19.1. The lowest BCUT2D eigenvalue weighted by Gasteiger charge is -1.95. The van der Waals surface area contributed by atoms with Crippen molar-refractivity contribution < 1.29 is 4.39 Å². The van der Waals surface area contributed by atoms with Gasteiger partial charge in [-0.1, -0.05) is 30.3 Å². The van der Waals surface area contributed by atoms with Gasteiger partial charge in [0.1, 0.15) is 5.82 Å². The molecule has 0 saturated heterocycles. The highest BCUT2D eigenvalue weighted by Gasteiger charge is 2.05. The first-order valence-electron chi connectivity index (χ1n) is 5.70. The first-order valence-corrected chi connectivity index (χ1v) is 5.70. The SMILES string of the molecule is Fc1ccc(-c2cc(-c3ccccc3)n[nH]2)cc1. The Morgan fingerprint density at radius 2 is 1.56 bits per heavy atom. The number of halogens is 1. The van der Waals surface area contributed by atoms with Crippen LogP contribution in [0.1, 0.15) is 0 Å². The lowest BCUT2D eigenvalue weighted by Crippen LogP contribution is -1.78. The summed E-state index contributed by atoms with van der Waals surface area (Å²) in [4.78, 5) is 0. The number of nitrogens with one attached hydrogen (secondary N) is 1. The summed E-state index contributed by atoms with van der Waals surface area (Å²) in [5.41, 5.74) is 3.75. The van der Waals surface area contributed by atoms with Gasteiger partial charge in [0.25, 0.3) is 0 Å². The van der Waals surface area contributed by atoms with E-state index in [1.807, 2.05) is 36.4 Å². The number of benzene rings is 2. The minimum absolute atomic E-state index is 0.235. The van der Waals surface area contributed by atoms with Crippen LogP contribution in [0.4, 0.5) is 4.39 Å². The first kappa shape index (κ1) is 10.7. The Labute approximate surface area is 104 Å². The van der Waals surface area contributed by atoms with E-state index in [0.29, 0.717) is 0 Å². The van der Waals surface area contributed by atoms with Crippen molar-refractivity contribution in [2.45, 2.75) is 0 Å². The maximum absolute atomic E-state index is 12.8. The fourth-order valence-corrected chi connectivity index (χ4v) is 1.86. The minimum Gasteiger partial charge on any atom is -0.277 e. The minimum atomic E-state index is -0.235. The van der Waals surface area contributed by atoms with Gasteiger partial charge in [-0.05, 0) is 35.9 Å². The average Bonchev–Trinajstić information content (AvgIpc) is 2.90. The van der Waals surface area contributed by atoms with Gasteiger partial charge in [-0.15, -0.1) is 0 Å². The van der Waals surface area contributed by atoms with E-state index in [0.717, 1.165) is 22.5 Å². The smallest absolute Gasteiger partial charge is 0.123 e. The maximum atomic E-state index is 12.8. The van der Waals surface area contributed by atoms with E-state index in [-0.39, 0.29) is 5.82 Å². The molecule has 1 aromatic heterocycles. The van der Waals surface area contributed by atoms with E-state index in [9.17, 15) is 4.39 Å². The second kappa shape index (κ2) is 4.45. The third-order valence-corrected chi connectivity index (χ3v) is 2.80. The van der Waals surface area contributed by atoms with Gasteiger partial charge in [0.2, 0.25) is 0 Å². The zero-order valence-corrected chi connectivity index (χ0v) is 9.60. The topological polar surface area (TPSA) is 28.7 Å². The molecule has 0 atom stereocenters. The van der Waals surface area contributed by atoms with E-state index in [2.05, 4.69) is 10.2 Å². The monoisotopic (exact) mass is 238 g/mol. The molecule has 2 aromatic carbocycles. The Morgan fingerprint density at radius 1 is 0.833 bits per heavy atom. The highest BCUT2D eigenvalue weighted by molar-refractivity contribution is 5.67. The molecule has 0 spiro atoms. The van der Waals surface area contributed by atoms with E-state index in [1.54, 1.807) is 12.1 Å². The van der Waals surface area contributed by atoms with Gasteiger partial charge >= 0.3 is 0 Å². The van der Waals surface area contributed by atoms with E-state index in [4.69, 9.17) is 0 Å². The Kier molecular flexibility index (Phi) is 2.65. The Bertz CT molecular complexity index is 642. The molecule has 1 N–H and O–H groups in total. The van der Waals surface area contributed by atoms with E-state index in [1.165, 1.54) is 12.1 Å². The average molecular weight is 238 g/mol. The molecule has 0 radical (unpaired) electrons. The second-order valence-electron chi connectivity index (χ2n) is 4.04. The molecule has 0 aliphatic carbocycles. The summed E-state index contributed by atoms with van der Waals surface area (Å²) in [5, 5.41) is 7.23. The highest BCUT2D eigenvalue weighted by Crippen LogP contribution is 2.23. The van der Waals surface area contributed by atoms with E-state index >= 15 is 0 Å². The van der Waals surface area contributed by atoms with Crippen LogP contribution >= 0.6 is 0 Å². The van der Waals surface area contributed by atoms with Crippen molar-refractivity contribution in [3.05, 3.63) is 66.5 Å². The molecular formula is C15H11FN2. The second-order valence-corrected chi connectivity index (χ2v) is 4.04. The van der Waals surface area contributed by atoms with Crippen molar-refractivity contribution in [2.75, 3.05) is 0 Å². The Hall–Kier alpha value is -2.42. The van der Waals surface area contributed by atoms with Crippen LogP contribution in [0.2, 0.25) is 0 Å². The number of rotatable bonds is 2. The Balaban J connectivity index is 1.97. The summed E-state index contributed by atoms with van der Waals surface area (Å²) < 4.78 is 12.8. The molecule has 3 aromatic rings. The van der Waals surface area contributed by atoms with Gasteiger partial charge in [0.05, 0.1) is 11.4 Å². The quantitative estimate of drug-likeness (QED) is 0.721. The van der Waals surface area contributed by atoms with Gasteiger partial charge in [-0.2, -0.15) is 5.10 Å². The molecular weight excluding hydrogens is 227 g/mol. The number of hydrogen-bond acceptors (Lipinski definition) is 1. The lowest BCUT2D eigenvalue weighted by molar-refractivity contribution is 0.628. The zero-order valence-electron chi connectivity index (χ0n) is 9.60. The third kappa shape index (κ3) is 2.02. The largest absolute Gasteiger partial charge is 0.277 e. The van der Waals surface area contributed by atoms with Crippen molar-refractivity contribution in [1.29, 1.82) is 0 Å². The standard InChI is InChI=1S/C15H11FN2/c16-13-8-6-12(7-9-13)15-10-14(17-18-15)11-4-2-1-3-5-11/h1-10H,(H,17,18). The fourth-order valence-electron chi connectivity index (χ4n) is 1.86. The summed E-state index contributed by atoms with van der Waals surface area (Å²) in [5.74, 6) is -0.235. The van der Waals surface area contributed by atoms with Crippen LogP contribution in [0.3, 0.4) is 0 Å². The molecule has 0 unspecified atom stereocenters. The molecule has 0 amide bonds. The molecule has 0 aliphatic heterocycles. The lowest BCUT2D eigenvalue weighted by atomic mass is 10.1. The molecule has 0 bridgehead atoms. The summed E-state index contributed by atoms with van der Waals surface area (Å²) in [6, 6.07) is 18.2.